The first-order valence-corrected chi connectivity index (χ1v) is 9.85. The van der Waals surface area contributed by atoms with Gasteiger partial charge in [0, 0.05) is 26.1 Å². The van der Waals surface area contributed by atoms with E-state index in [0.29, 0.717) is 25.1 Å². The number of carbonyl (C=O) groups is 1. The number of benzene rings is 1. The van der Waals surface area contributed by atoms with Crippen molar-refractivity contribution in [3.05, 3.63) is 54.2 Å². The molecule has 0 radical (unpaired) electrons. The molecule has 0 atom stereocenters. The van der Waals surface area contributed by atoms with Gasteiger partial charge in [-0.25, -0.2) is 12.8 Å². The molecule has 1 aromatic carbocycles. The first-order valence-electron chi connectivity index (χ1n) is 8.41. The average Bonchev–Trinajstić information content (AvgIpc) is 3.14. The largest absolute Gasteiger partial charge is 0.467 e. The zero-order chi connectivity index (χ0) is 18.7. The van der Waals surface area contributed by atoms with Gasteiger partial charge < -0.3 is 9.32 Å². The maximum Gasteiger partial charge on any atom is 0.243 e. The number of rotatable bonds is 5. The van der Waals surface area contributed by atoms with Crippen LogP contribution in [-0.2, 0) is 21.4 Å². The smallest absolute Gasteiger partial charge is 0.243 e. The summed E-state index contributed by atoms with van der Waals surface area (Å²) in [7, 11) is -1.95. The van der Waals surface area contributed by atoms with Gasteiger partial charge in [0.1, 0.15) is 11.6 Å². The third-order valence-electron chi connectivity index (χ3n) is 4.60. The molecule has 2 heterocycles. The van der Waals surface area contributed by atoms with Crippen molar-refractivity contribution in [2.75, 3.05) is 20.1 Å². The van der Waals surface area contributed by atoms with Crippen LogP contribution in [0.1, 0.15) is 18.6 Å². The fourth-order valence-electron chi connectivity index (χ4n) is 3.12. The first kappa shape index (κ1) is 18.6. The van der Waals surface area contributed by atoms with Gasteiger partial charge >= 0.3 is 0 Å². The summed E-state index contributed by atoms with van der Waals surface area (Å²) in [6, 6.07) is 8.37. The number of hydrogen-bond acceptors (Lipinski definition) is 4. The fourth-order valence-corrected chi connectivity index (χ4v) is 4.59. The Balaban J connectivity index is 1.59. The van der Waals surface area contributed by atoms with E-state index in [2.05, 4.69) is 0 Å². The summed E-state index contributed by atoms with van der Waals surface area (Å²) in [6.45, 7) is 0.926. The van der Waals surface area contributed by atoms with Crippen molar-refractivity contribution in [1.82, 2.24) is 9.21 Å². The summed E-state index contributed by atoms with van der Waals surface area (Å²) >= 11 is 0. The van der Waals surface area contributed by atoms with Crippen molar-refractivity contribution in [2.24, 2.45) is 5.92 Å². The Kier molecular flexibility index (Phi) is 5.43. The summed E-state index contributed by atoms with van der Waals surface area (Å²) in [5.41, 5.74) is 0. The van der Waals surface area contributed by atoms with E-state index >= 15 is 0 Å². The molecule has 140 valence electrons. The highest BCUT2D eigenvalue weighted by Gasteiger charge is 2.33. The monoisotopic (exact) mass is 380 g/mol. The zero-order valence-corrected chi connectivity index (χ0v) is 15.3. The molecule has 1 aliphatic heterocycles. The van der Waals surface area contributed by atoms with Crippen LogP contribution in [0.5, 0.6) is 0 Å². The SMILES string of the molecule is CN(Cc1ccco1)C(=O)C1CCN(S(=O)(=O)c2ccc(F)cc2)CC1. The van der Waals surface area contributed by atoms with Gasteiger partial charge in [-0.05, 0) is 49.2 Å². The molecule has 1 aliphatic rings. The number of sulfonamides is 1. The molecular formula is C18H21FN2O4S. The molecule has 0 saturated carbocycles. The minimum Gasteiger partial charge on any atom is -0.467 e. The quantitative estimate of drug-likeness (QED) is 0.799. The van der Waals surface area contributed by atoms with E-state index in [1.54, 1.807) is 24.3 Å². The number of furan rings is 1. The molecule has 3 rings (SSSR count). The molecule has 0 N–H and O–H groups in total. The van der Waals surface area contributed by atoms with Crippen molar-refractivity contribution in [3.63, 3.8) is 0 Å². The topological polar surface area (TPSA) is 70.8 Å². The van der Waals surface area contributed by atoms with E-state index in [1.165, 1.54) is 16.4 Å². The van der Waals surface area contributed by atoms with Gasteiger partial charge in [0.2, 0.25) is 15.9 Å². The van der Waals surface area contributed by atoms with E-state index in [9.17, 15) is 17.6 Å². The number of hydrogen-bond donors (Lipinski definition) is 0. The molecule has 1 saturated heterocycles. The lowest BCUT2D eigenvalue weighted by Crippen LogP contribution is -2.43. The van der Waals surface area contributed by atoms with Crippen LogP contribution < -0.4 is 0 Å². The Morgan fingerprint density at radius 2 is 1.88 bits per heavy atom. The molecule has 6 nitrogen and oxygen atoms in total. The van der Waals surface area contributed by atoms with Gasteiger partial charge in [-0.2, -0.15) is 4.31 Å². The lowest BCUT2D eigenvalue weighted by Gasteiger charge is -2.32. The number of carbonyl (C=O) groups excluding carboxylic acids is 1. The average molecular weight is 380 g/mol. The molecule has 1 fully saturated rings. The molecule has 0 spiro atoms. The van der Waals surface area contributed by atoms with Crippen LogP contribution >= 0.6 is 0 Å². The summed E-state index contributed by atoms with van der Waals surface area (Å²) in [6.07, 6.45) is 2.48. The molecule has 8 heteroatoms. The van der Waals surface area contributed by atoms with Gasteiger partial charge in [0.05, 0.1) is 17.7 Å². The minimum absolute atomic E-state index is 0.0137. The Bertz CT molecular complexity index is 842. The highest BCUT2D eigenvalue weighted by Crippen LogP contribution is 2.25. The van der Waals surface area contributed by atoms with E-state index < -0.39 is 15.8 Å². The minimum atomic E-state index is -3.66. The van der Waals surface area contributed by atoms with Gasteiger partial charge in [-0.3, -0.25) is 4.79 Å². The second-order valence-corrected chi connectivity index (χ2v) is 8.34. The van der Waals surface area contributed by atoms with Crippen LogP contribution in [0.25, 0.3) is 0 Å². The van der Waals surface area contributed by atoms with Crippen molar-refractivity contribution >= 4 is 15.9 Å². The standard InChI is InChI=1S/C18H21FN2O4S/c1-20(13-16-3-2-12-25-16)18(22)14-8-10-21(11-9-14)26(23,24)17-6-4-15(19)5-7-17/h2-7,12,14H,8-11,13H2,1H3. The van der Waals surface area contributed by atoms with Crippen molar-refractivity contribution in [2.45, 2.75) is 24.3 Å². The number of amides is 1. The van der Waals surface area contributed by atoms with Crippen molar-refractivity contribution in [3.8, 4) is 0 Å². The van der Waals surface area contributed by atoms with Crippen LogP contribution in [0.15, 0.2) is 52.0 Å². The summed E-state index contributed by atoms with van der Waals surface area (Å²) in [5.74, 6) is -0.000108. The normalized spacial score (nSPS) is 16.5. The maximum absolute atomic E-state index is 13.0. The summed E-state index contributed by atoms with van der Waals surface area (Å²) < 4.78 is 44.9. The number of piperidine rings is 1. The molecule has 1 aromatic heterocycles. The third-order valence-corrected chi connectivity index (χ3v) is 6.52. The van der Waals surface area contributed by atoms with Gasteiger partial charge in [0.25, 0.3) is 0 Å². The molecular weight excluding hydrogens is 359 g/mol. The van der Waals surface area contributed by atoms with Crippen LogP contribution in [0.3, 0.4) is 0 Å². The highest BCUT2D eigenvalue weighted by atomic mass is 32.2. The van der Waals surface area contributed by atoms with Gasteiger partial charge in [-0.1, -0.05) is 0 Å². The Morgan fingerprint density at radius 3 is 2.46 bits per heavy atom. The van der Waals surface area contributed by atoms with Gasteiger partial charge in [0.15, 0.2) is 0 Å². The maximum atomic E-state index is 13.0. The lowest BCUT2D eigenvalue weighted by molar-refractivity contribution is -0.136. The number of nitrogens with zero attached hydrogens (tertiary/aromatic N) is 2. The molecule has 2 aromatic rings. The zero-order valence-electron chi connectivity index (χ0n) is 14.5. The van der Waals surface area contributed by atoms with Crippen LogP contribution in [-0.4, -0.2) is 43.7 Å². The first-order chi connectivity index (χ1) is 12.4. The van der Waals surface area contributed by atoms with E-state index in [0.717, 1.165) is 12.1 Å². The summed E-state index contributed by atoms with van der Waals surface area (Å²) in [5, 5.41) is 0. The third kappa shape index (κ3) is 3.96. The number of halogens is 1. The van der Waals surface area contributed by atoms with Crippen molar-refractivity contribution < 1.29 is 22.0 Å². The van der Waals surface area contributed by atoms with Crippen LogP contribution in [0, 0.1) is 11.7 Å². The molecule has 0 bridgehead atoms. The second kappa shape index (κ2) is 7.59. The van der Waals surface area contributed by atoms with Crippen molar-refractivity contribution in [1.29, 1.82) is 0 Å². The van der Waals surface area contributed by atoms with Crippen LogP contribution in [0.4, 0.5) is 4.39 Å². The van der Waals surface area contributed by atoms with E-state index in [4.69, 9.17) is 4.42 Å². The highest BCUT2D eigenvalue weighted by molar-refractivity contribution is 7.89. The fraction of sp³-hybridized carbons (Fsp3) is 0.389. The van der Waals surface area contributed by atoms with Crippen LogP contribution in [0.2, 0.25) is 0 Å². The Labute approximate surface area is 152 Å². The Morgan fingerprint density at radius 1 is 1.23 bits per heavy atom. The van der Waals surface area contributed by atoms with E-state index in [1.807, 2.05) is 6.07 Å². The lowest BCUT2D eigenvalue weighted by atomic mass is 9.96. The summed E-state index contributed by atoms with van der Waals surface area (Å²) in [4.78, 5) is 14.2. The predicted molar refractivity (Wildman–Crippen MR) is 93.1 cm³/mol. The molecule has 0 aliphatic carbocycles. The molecule has 26 heavy (non-hydrogen) atoms. The molecule has 0 unspecified atom stereocenters. The van der Waals surface area contributed by atoms with E-state index in [-0.39, 0.29) is 29.8 Å². The Hall–Kier alpha value is -2.19. The van der Waals surface area contributed by atoms with Gasteiger partial charge in [-0.15, -0.1) is 0 Å². The molecule has 1 amide bonds. The predicted octanol–water partition coefficient (Wildman–Crippen LogP) is 2.48. The second-order valence-electron chi connectivity index (χ2n) is 6.41.